The largest absolute Gasteiger partial charge is 0.480 e. The first-order valence-electron chi connectivity index (χ1n) is 5.45. The molecule has 14 heavy (non-hydrogen) atoms. The van der Waals surface area contributed by atoms with Gasteiger partial charge >= 0.3 is 5.97 Å². The molecule has 84 valence electrons. The Kier molecular flexibility index (Phi) is 6.54. The summed E-state index contributed by atoms with van der Waals surface area (Å²) in [6.45, 7) is 8.94. The maximum Gasteiger partial charge on any atom is 0.320 e. The van der Waals surface area contributed by atoms with Crippen LogP contribution in [-0.4, -0.2) is 23.7 Å². The Morgan fingerprint density at radius 3 is 2.29 bits per heavy atom. The van der Waals surface area contributed by atoms with E-state index in [9.17, 15) is 4.79 Å². The molecule has 0 saturated carbocycles. The fourth-order valence-electron chi connectivity index (χ4n) is 1.53. The van der Waals surface area contributed by atoms with Gasteiger partial charge in [-0.1, -0.05) is 34.1 Å². The lowest BCUT2D eigenvalue weighted by Crippen LogP contribution is -2.42. The van der Waals surface area contributed by atoms with Gasteiger partial charge in [0, 0.05) is 0 Å². The van der Waals surface area contributed by atoms with Crippen molar-refractivity contribution in [2.45, 2.75) is 46.6 Å². The first kappa shape index (κ1) is 13.4. The molecule has 2 unspecified atom stereocenters. The summed E-state index contributed by atoms with van der Waals surface area (Å²) in [6.07, 6.45) is 2.31. The van der Waals surface area contributed by atoms with Gasteiger partial charge < -0.3 is 10.4 Å². The van der Waals surface area contributed by atoms with Crippen molar-refractivity contribution < 1.29 is 9.90 Å². The van der Waals surface area contributed by atoms with E-state index in [2.05, 4.69) is 19.2 Å². The molecule has 0 aliphatic rings. The number of carboxylic acids is 1. The lowest BCUT2D eigenvalue weighted by molar-refractivity contribution is -0.140. The zero-order valence-electron chi connectivity index (χ0n) is 9.71. The number of rotatable bonds is 7. The number of hydrogen-bond acceptors (Lipinski definition) is 2. The molecule has 0 radical (unpaired) electrons. The third-order valence-electron chi connectivity index (χ3n) is 2.40. The maximum absolute atomic E-state index is 10.8. The molecule has 0 heterocycles. The summed E-state index contributed by atoms with van der Waals surface area (Å²) in [5.74, 6) is -0.0503. The van der Waals surface area contributed by atoms with Crippen molar-refractivity contribution in [3.8, 4) is 0 Å². The normalized spacial score (nSPS) is 15.5. The highest BCUT2D eigenvalue weighted by Gasteiger charge is 2.20. The summed E-state index contributed by atoms with van der Waals surface area (Å²) in [6, 6.07) is -0.408. The molecule has 0 spiro atoms. The average Bonchev–Trinajstić information content (AvgIpc) is 2.03. The second-order valence-electron chi connectivity index (χ2n) is 4.36. The Balaban J connectivity index is 3.88. The molecule has 0 bridgehead atoms. The minimum atomic E-state index is -0.747. The predicted molar refractivity (Wildman–Crippen MR) is 58.3 cm³/mol. The lowest BCUT2D eigenvalue weighted by atomic mass is 10.0. The molecule has 3 nitrogen and oxygen atoms in total. The minimum Gasteiger partial charge on any atom is -0.480 e. The Labute approximate surface area is 86.9 Å². The van der Waals surface area contributed by atoms with Crippen LogP contribution in [0.3, 0.4) is 0 Å². The molecule has 2 atom stereocenters. The number of hydrogen-bond donors (Lipinski definition) is 2. The van der Waals surface area contributed by atoms with Gasteiger partial charge in [0.25, 0.3) is 0 Å². The van der Waals surface area contributed by atoms with Crippen molar-refractivity contribution >= 4 is 5.97 Å². The Morgan fingerprint density at radius 2 is 1.93 bits per heavy atom. The second-order valence-corrected chi connectivity index (χ2v) is 4.36. The summed E-state index contributed by atoms with van der Waals surface area (Å²) < 4.78 is 0. The van der Waals surface area contributed by atoms with Gasteiger partial charge in [-0.25, -0.2) is 0 Å². The van der Waals surface area contributed by atoms with E-state index in [1.165, 1.54) is 0 Å². The van der Waals surface area contributed by atoms with Crippen LogP contribution < -0.4 is 5.32 Å². The summed E-state index contributed by atoms with van der Waals surface area (Å²) >= 11 is 0. The summed E-state index contributed by atoms with van der Waals surface area (Å²) in [7, 11) is 0. The van der Waals surface area contributed by atoms with Crippen LogP contribution in [0.2, 0.25) is 0 Å². The zero-order chi connectivity index (χ0) is 11.1. The number of aliphatic carboxylic acids is 1. The highest BCUT2D eigenvalue weighted by molar-refractivity contribution is 5.73. The fourth-order valence-corrected chi connectivity index (χ4v) is 1.53. The molecule has 0 rings (SSSR count). The molecule has 2 N–H and O–H groups in total. The highest BCUT2D eigenvalue weighted by atomic mass is 16.4. The van der Waals surface area contributed by atoms with Gasteiger partial charge in [0.05, 0.1) is 0 Å². The maximum atomic E-state index is 10.8. The molecule has 0 aromatic rings. The van der Waals surface area contributed by atoms with Crippen LogP contribution in [0.25, 0.3) is 0 Å². The Morgan fingerprint density at radius 1 is 1.36 bits per heavy atom. The van der Waals surface area contributed by atoms with Crippen LogP contribution in [0.1, 0.15) is 40.5 Å². The van der Waals surface area contributed by atoms with E-state index >= 15 is 0 Å². The quantitative estimate of drug-likeness (QED) is 0.663. The lowest BCUT2D eigenvalue weighted by Gasteiger charge is -2.20. The molecule has 0 aromatic heterocycles. The van der Waals surface area contributed by atoms with E-state index in [-0.39, 0.29) is 5.92 Å². The summed E-state index contributed by atoms with van der Waals surface area (Å²) in [5.41, 5.74) is 0. The Hall–Kier alpha value is -0.570. The van der Waals surface area contributed by atoms with Crippen LogP contribution in [0.15, 0.2) is 0 Å². The van der Waals surface area contributed by atoms with Gasteiger partial charge in [-0.2, -0.15) is 0 Å². The van der Waals surface area contributed by atoms with Crippen LogP contribution in [-0.2, 0) is 4.79 Å². The van der Waals surface area contributed by atoms with Crippen molar-refractivity contribution in [3.05, 3.63) is 0 Å². The van der Waals surface area contributed by atoms with Crippen molar-refractivity contribution in [2.24, 2.45) is 11.8 Å². The van der Waals surface area contributed by atoms with Crippen molar-refractivity contribution in [2.75, 3.05) is 6.54 Å². The second kappa shape index (κ2) is 6.82. The van der Waals surface area contributed by atoms with E-state index in [1.807, 2.05) is 13.8 Å². The number of nitrogens with one attached hydrogen (secondary N) is 1. The van der Waals surface area contributed by atoms with E-state index in [0.29, 0.717) is 5.92 Å². The van der Waals surface area contributed by atoms with E-state index in [1.54, 1.807) is 0 Å². The zero-order valence-corrected chi connectivity index (χ0v) is 9.71. The predicted octanol–water partition coefficient (Wildman–Crippen LogP) is 2.12. The van der Waals surface area contributed by atoms with Gasteiger partial charge in [0.1, 0.15) is 6.04 Å². The molecular weight excluding hydrogens is 178 g/mol. The topological polar surface area (TPSA) is 49.3 Å². The molecule has 0 amide bonds. The van der Waals surface area contributed by atoms with Gasteiger partial charge in [-0.05, 0) is 24.8 Å². The monoisotopic (exact) mass is 201 g/mol. The minimum absolute atomic E-state index is 0.140. The highest BCUT2D eigenvalue weighted by Crippen LogP contribution is 2.06. The summed E-state index contributed by atoms with van der Waals surface area (Å²) in [4.78, 5) is 10.8. The third kappa shape index (κ3) is 5.22. The summed E-state index contributed by atoms with van der Waals surface area (Å²) in [5, 5.41) is 12.0. The van der Waals surface area contributed by atoms with E-state index < -0.39 is 12.0 Å². The first-order chi connectivity index (χ1) is 6.49. The van der Waals surface area contributed by atoms with Crippen molar-refractivity contribution in [1.82, 2.24) is 5.32 Å². The smallest absolute Gasteiger partial charge is 0.320 e. The molecule has 0 fully saturated rings. The number of carbonyl (C=O) groups is 1. The van der Waals surface area contributed by atoms with Crippen LogP contribution in [0.4, 0.5) is 0 Å². The van der Waals surface area contributed by atoms with Crippen molar-refractivity contribution in [3.63, 3.8) is 0 Å². The molecular formula is C11H23NO2. The van der Waals surface area contributed by atoms with E-state index in [4.69, 9.17) is 5.11 Å². The average molecular weight is 201 g/mol. The van der Waals surface area contributed by atoms with Gasteiger partial charge in [-0.15, -0.1) is 0 Å². The van der Waals surface area contributed by atoms with Crippen LogP contribution >= 0.6 is 0 Å². The molecule has 0 saturated heterocycles. The SMILES string of the molecule is CCCC(C)CNC(C(=O)O)C(C)C. The van der Waals surface area contributed by atoms with Crippen LogP contribution in [0, 0.1) is 11.8 Å². The Bertz CT molecular complexity index is 169. The third-order valence-corrected chi connectivity index (χ3v) is 2.40. The van der Waals surface area contributed by atoms with Crippen molar-refractivity contribution in [1.29, 1.82) is 0 Å². The molecule has 3 heteroatoms. The number of carboxylic acid groups (broad SMARTS) is 1. The molecule has 0 aliphatic heterocycles. The van der Waals surface area contributed by atoms with E-state index in [0.717, 1.165) is 19.4 Å². The van der Waals surface area contributed by atoms with Gasteiger partial charge in [0.2, 0.25) is 0 Å². The molecule has 0 aliphatic carbocycles. The van der Waals surface area contributed by atoms with Gasteiger partial charge in [0.15, 0.2) is 0 Å². The first-order valence-corrected chi connectivity index (χ1v) is 5.45. The van der Waals surface area contributed by atoms with Gasteiger partial charge in [-0.3, -0.25) is 4.79 Å². The fraction of sp³-hybridized carbons (Fsp3) is 0.909. The standard InChI is InChI=1S/C11H23NO2/c1-5-6-9(4)7-12-10(8(2)3)11(13)14/h8-10,12H,5-7H2,1-4H3,(H,13,14). The van der Waals surface area contributed by atoms with Crippen LogP contribution in [0.5, 0.6) is 0 Å². The molecule has 0 aromatic carbocycles.